The molecule has 0 fully saturated rings. The average Bonchev–Trinajstić information content (AvgIpc) is 3.12. The van der Waals surface area contributed by atoms with Crippen molar-refractivity contribution in [1.29, 1.82) is 0 Å². The summed E-state index contributed by atoms with van der Waals surface area (Å²) in [6.45, 7) is 9.82. The Balaban J connectivity index is 1.66. The summed E-state index contributed by atoms with van der Waals surface area (Å²) in [5.41, 5.74) is 3.28. The van der Waals surface area contributed by atoms with Crippen LogP contribution >= 0.6 is 0 Å². The molecule has 1 aromatic heterocycles. The Labute approximate surface area is 181 Å². The number of aryl methyl sites for hydroxylation is 1. The molecule has 0 spiro atoms. The van der Waals surface area contributed by atoms with Crippen molar-refractivity contribution in [2.45, 2.75) is 66.2 Å². The molecular weight excluding hydrogens is 374 g/mol. The molecule has 1 heterocycles. The number of rotatable bonds is 11. The van der Waals surface area contributed by atoms with Gasteiger partial charge in [-0.2, -0.15) is 0 Å². The number of oxazole rings is 1. The molecule has 0 saturated heterocycles. The predicted molar refractivity (Wildman–Crippen MR) is 121 cm³/mol. The number of aromatic nitrogens is 1. The zero-order chi connectivity index (χ0) is 21.3. The van der Waals surface area contributed by atoms with Crippen LogP contribution in [0.2, 0.25) is 0 Å². The molecule has 4 heteroatoms. The number of hydrogen-bond donors (Lipinski definition) is 0. The minimum Gasteiger partial charge on any atom is -0.498 e. The van der Waals surface area contributed by atoms with Gasteiger partial charge in [-0.15, -0.1) is 0 Å². The molecule has 0 saturated carbocycles. The van der Waals surface area contributed by atoms with E-state index in [0.29, 0.717) is 18.4 Å². The maximum absolute atomic E-state index is 6.23. The average molecular weight is 410 g/mol. The van der Waals surface area contributed by atoms with Crippen LogP contribution in [0.15, 0.2) is 57.9 Å². The predicted octanol–water partition coefficient (Wildman–Crippen LogP) is 7.00. The molecule has 0 amide bonds. The van der Waals surface area contributed by atoms with Gasteiger partial charge in [0.25, 0.3) is 0 Å². The van der Waals surface area contributed by atoms with Gasteiger partial charge in [-0.1, -0.05) is 44.9 Å². The maximum atomic E-state index is 6.23. The minimum absolute atomic E-state index is 0.426. The largest absolute Gasteiger partial charge is 0.498 e. The molecule has 162 valence electrons. The van der Waals surface area contributed by atoms with Crippen molar-refractivity contribution in [3.63, 3.8) is 0 Å². The highest BCUT2D eigenvalue weighted by molar-refractivity contribution is 5.53. The summed E-state index contributed by atoms with van der Waals surface area (Å²) in [5.74, 6) is 4.23. The molecule has 3 rings (SSSR count). The van der Waals surface area contributed by atoms with Gasteiger partial charge in [0.05, 0.1) is 24.7 Å². The summed E-state index contributed by atoms with van der Waals surface area (Å²) in [6.07, 6.45) is 8.29. The molecular formula is C26H35NO3. The molecule has 0 bridgehead atoms. The van der Waals surface area contributed by atoms with Crippen molar-refractivity contribution in [3.8, 4) is 11.5 Å². The molecule has 0 N–H and O–H groups in total. The van der Waals surface area contributed by atoms with E-state index in [1.54, 1.807) is 0 Å². The topological polar surface area (TPSA) is 44.5 Å². The monoisotopic (exact) mass is 409 g/mol. The SMILES string of the molecule is CCCC1=C(OCC)C(CCC)CC(OCCc2nc(-c3ccccc3)oc2C)=C1. The quantitative estimate of drug-likeness (QED) is 0.401. The van der Waals surface area contributed by atoms with Crippen LogP contribution in [0.4, 0.5) is 0 Å². The molecule has 4 nitrogen and oxygen atoms in total. The van der Waals surface area contributed by atoms with Gasteiger partial charge < -0.3 is 13.9 Å². The molecule has 30 heavy (non-hydrogen) atoms. The van der Waals surface area contributed by atoms with Crippen LogP contribution in [0, 0.1) is 12.8 Å². The first-order chi connectivity index (χ1) is 14.7. The van der Waals surface area contributed by atoms with E-state index in [9.17, 15) is 0 Å². The highest BCUT2D eigenvalue weighted by Gasteiger charge is 2.25. The van der Waals surface area contributed by atoms with E-state index in [0.717, 1.165) is 67.9 Å². The molecule has 1 aromatic carbocycles. The summed E-state index contributed by atoms with van der Waals surface area (Å²) in [6, 6.07) is 10.0. The first-order valence-corrected chi connectivity index (χ1v) is 11.4. The van der Waals surface area contributed by atoms with Gasteiger partial charge in [0, 0.05) is 24.3 Å². The van der Waals surface area contributed by atoms with Gasteiger partial charge in [-0.05, 0) is 50.5 Å². The molecule has 2 aromatic rings. The van der Waals surface area contributed by atoms with Crippen LogP contribution in [0.5, 0.6) is 0 Å². The molecule has 1 aliphatic rings. The zero-order valence-electron chi connectivity index (χ0n) is 18.9. The summed E-state index contributed by atoms with van der Waals surface area (Å²) in [7, 11) is 0. The zero-order valence-corrected chi connectivity index (χ0v) is 18.9. The van der Waals surface area contributed by atoms with E-state index in [-0.39, 0.29) is 0 Å². The normalized spacial score (nSPS) is 16.5. The fourth-order valence-electron chi connectivity index (χ4n) is 4.08. The third-order valence-corrected chi connectivity index (χ3v) is 5.47. The Morgan fingerprint density at radius 2 is 1.83 bits per heavy atom. The molecule has 1 atom stereocenters. The maximum Gasteiger partial charge on any atom is 0.226 e. The van der Waals surface area contributed by atoms with Crippen molar-refractivity contribution < 1.29 is 13.9 Å². The molecule has 1 aliphatic carbocycles. The van der Waals surface area contributed by atoms with E-state index in [1.165, 1.54) is 11.3 Å². The van der Waals surface area contributed by atoms with Crippen LogP contribution in [-0.2, 0) is 15.9 Å². The highest BCUT2D eigenvalue weighted by atomic mass is 16.5. The first-order valence-electron chi connectivity index (χ1n) is 11.4. The van der Waals surface area contributed by atoms with Gasteiger partial charge >= 0.3 is 0 Å². The van der Waals surface area contributed by atoms with Crippen molar-refractivity contribution >= 4 is 0 Å². The molecule has 1 unspecified atom stereocenters. The summed E-state index contributed by atoms with van der Waals surface area (Å²) < 4.78 is 18.2. The Morgan fingerprint density at radius 1 is 1.03 bits per heavy atom. The van der Waals surface area contributed by atoms with Gasteiger partial charge in [0.1, 0.15) is 11.5 Å². The van der Waals surface area contributed by atoms with Crippen LogP contribution in [-0.4, -0.2) is 18.2 Å². The third-order valence-electron chi connectivity index (χ3n) is 5.47. The number of allylic oxidation sites excluding steroid dienone is 4. The third kappa shape index (κ3) is 5.56. The van der Waals surface area contributed by atoms with Crippen LogP contribution in [0.1, 0.15) is 64.3 Å². The Bertz CT molecular complexity index is 864. The lowest BCUT2D eigenvalue weighted by atomic mass is 9.87. The summed E-state index contributed by atoms with van der Waals surface area (Å²) in [5, 5.41) is 0. The number of hydrogen-bond acceptors (Lipinski definition) is 4. The number of benzene rings is 1. The lowest BCUT2D eigenvalue weighted by Crippen LogP contribution is -2.17. The van der Waals surface area contributed by atoms with Crippen LogP contribution in [0.25, 0.3) is 11.5 Å². The van der Waals surface area contributed by atoms with Crippen molar-refractivity contribution in [2.24, 2.45) is 5.92 Å². The van der Waals surface area contributed by atoms with E-state index in [4.69, 9.17) is 18.9 Å². The second-order valence-electron chi connectivity index (χ2n) is 7.86. The van der Waals surface area contributed by atoms with Crippen LogP contribution in [0.3, 0.4) is 0 Å². The van der Waals surface area contributed by atoms with E-state index in [1.807, 2.05) is 37.3 Å². The molecule has 0 radical (unpaired) electrons. The summed E-state index contributed by atoms with van der Waals surface area (Å²) >= 11 is 0. The van der Waals surface area contributed by atoms with Gasteiger partial charge in [0.15, 0.2) is 0 Å². The Kier molecular flexibility index (Phi) is 8.18. The smallest absolute Gasteiger partial charge is 0.226 e. The van der Waals surface area contributed by atoms with Gasteiger partial charge in [-0.25, -0.2) is 4.98 Å². The highest BCUT2D eigenvalue weighted by Crippen LogP contribution is 2.36. The Morgan fingerprint density at radius 3 is 2.53 bits per heavy atom. The lowest BCUT2D eigenvalue weighted by Gasteiger charge is -2.28. The Hall–Kier alpha value is -2.49. The van der Waals surface area contributed by atoms with Gasteiger partial charge in [0.2, 0.25) is 5.89 Å². The second-order valence-corrected chi connectivity index (χ2v) is 7.86. The van der Waals surface area contributed by atoms with Crippen LogP contribution < -0.4 is 0 Å². The summed E-state index contributed by atoms with van der Waals surface area (Å²) in [4.78, 5) is 4.69. The van der Waals surface area contributed by atoms with Gasteiger partial charge in [-0.3, -0.25) is 0 Å². The number of nitrogens with zero attached hydrogens (tertiary/aromatic N) is 1. The molecule has 0 aliphatic heterocycles. The lowest BCUT2D eigenvalue weighted by molar-refractivity contribution is 0.149. The second kappa shape index (κ2) is 11.1. The van der Waals surface area contributed by atoms with Crippen molar-refractivity contribution in [3.05, 3.63) is 65.0 Å². The fraction of sp³-hybridized carbons (Fsp3) is 0.500. The standard InChI is InChI=1S/C26H35NO3/c1-5-11-21-17-23(18-22(12-6-2)25(21)28-7-3)29-16-15-24-19(4)30-26(27-24)20-13-9-8-10-14-20/h8-10,13-14,17,22H,5-7,11-12,15-16,18H2,1-4H3. The van der Waals surface area contributed by atoms with Crippen molar-refractivity contribution in [1.82, 2.24) is 4.98 Å². The van der Waals surface area contributed by atoms with E-state index >= 15 is 0 Å². The minimum atomic E-state index is 0.426. The van der Waals surface area contributed by atoms with E-state index < -0.39 is 0 Å². The van der Waals surface area contributed by atoms with Crippen molar-refractivity contribution in [2.75, 3.05) is 13.2 Å². The number of ether oxygens (including phenoxy) is 2. The van der Waals surface area contributed by atoms with E-state index in [2.05, 4.69) is 26.8 Å². The first kappa shape index (κ1) is 22.2. The fourth-order valence-corrected chi connectivity index (χ4v) is 4.08.